The van der Waals surface area contributed by atoms with E-state index in [9.17, 15) is 5.11 Å². The van der Waals surface area contributed by atoms with Crippen molar-refractivity contribution in [3.8, 4) is 0 Å². The second-order valence-corrected chi connectivity index (χ2v) is 6.22. The summed E-state index contributed by atoms with van der Waals surface area (Å²) in [5.41, 5.74) is 0.0768. The predicted molar refractivity (Wildman–Crippen MR) is 77.8 cm³/mol. The Morgan fingerprint density at radius 1 is 1.00 bits per heavy atom. The highest BCUT2D eigenvalue weighted by Gasteiger charge is 2.54. The van der Waals surface area contributed by atoms with Crippen LogP contribution in [0.2, 0.25) is 0 Å². The monoisotopic (exact) mass is 286 g/mol. The minimum atomic E-state index is -0.136. The van der Waals surface area contributed by atoms with Gasteiger partial charge in [-0.2, -0.15) is 0 Å². The third-order valence-electron chi connectivity index (χ3n) is 4.96. The van der Waals surface area contributed by atoms with Crippen LogP contribution in [-0.2, 0) is 14.2 Å². The first kappa shape index (κ1) is 16.2. The molecule has 20 heavy (non-hydrogen) atoms. The fraction of sp³-hybridized carbons (Fsp3) is 1.00. The fourth-order valence-corrected chi connectivity index (χ4v) is 3.63. The van der Waals surface area contributed by atoms with Gasteiger partial charge in [0.05, 0.1) is 25.4 Å². The lowest BCUT2D eigenvalue weighted by molar-refractivity contribution is -0.199. The van der Waals surface area contributed by atoms with Gasteiger partial charge in [0.1, 0.15) is 0 Å². The van der Waals surface area contributed by atoms with Crippen molar-refractivity contribution in [2.45, 2.75) is 63.6 Å². The average Bonchev–Trinajstić information content (AvgIpc) is 2.73. The topological polar surface area (TPSA) is 47.9 Å². The van der Waals surface area contributed by atoms with E-state index in [1.165, 1.54) is 25.7 Å². The van der Waals surface area contributed by atoms with Crippen molar-refractivity contribution >= 4 is 0 Å². The second-order valence-electron chi connectivity index (χ2n) is 6.22. The van der Waals surface area contributed by atoms with Crippen molar-refractivity contribution in [1.82, 2.24) is 0 Å². The number of ether oxygens (including phenoxy) is 3. The molecule has 0 radical (unpaired) electrons. The summed E-state index contributed by atoms with van der Waals surface area (Å²) in [6.07, 6.45) is 9.29. The molecule has 4 heteroatoms. The highest BCUT2D eigenvalue weighted by Crippen LogP contribution is 2.52. The smallest absolute Gasteiger partial charge is 0.0700 e. The lowest BCUT2D eigenvalue weighted by atomic mass is 9.59. The third kappa shape index (κ3) is 3.94. The second kappa shape index (κ2) is 8.32. The van der Waals surface area contributed by atoms with Crippen molar-refractivity contribution in [3.05, 3.63) is 0 Å². The molecule has 0 saturated heterocycles. The number of aliphatic hydroxyl groups is 1. The molecule has 2 rings (SSSR count). The molecule has 2 unspecified atom stereocenters. The van der Waals surface area contributed by atoms with Crippen LogP contribution >= 0.6 is 0 Å². The van der Waals surface area contributed by atoms with Gasteiger partial charge in [-0.15, -0.1) is 0 Å². The number of rotatable bonds is 8. The van der Waals surface area contributed by atoms with Gasteiger partial charge in [-0.1, -0.05) is 25.7 Å². The van der Waals surface area contributed by atoms with Crippen LogP contribution in [0.1, 0.15) is 51.4 Å². The lowest BCUT2D eigenvalue weighted by Gasteiger charge is -2.53. The Morgan fingerprint density at radius 2 is 1.75 bits per heavy atom. The molecule has 2 fully saturated rings. The van der Waals surface area contributed by atoms with Crippen molar-refractivity contribution in [2.24, 2.45) is 5.41 Å². The van der Waals surface area contributed by atoms with E-state index in [0.29, 0.717) is 13.2 Å². The number of aliphatic hydroxyl groups excluding tert-OH is 1. The molecular formula is C16H30O4. The first-order valence-electron chi connectivity index (χ1n) is 8.16. The maximum atomic E-state index is 10.2. The van der Waals surface area contributed by atoms with Gasteiger partial charge in [0, 0.05) is 32.2 Å². The van der Waals surface area contributed by atoms with E-state index in [4.69, 9.17) is 14.2 Å². The van der Waals surface area contributed by atoms with E-state index in [-0.39, 0.29) is 17.6 Å². The van der Waals surface area contributed by atoms with Gasteiger partial charge in [0.25, 0.3) is 0 Å². The number of methoxy groups -OCH3 is 1. The van der Waals surface area contributed by atoms with Gasteiger partial charge in [0.2, 0.25) is 0 Å². The van der Waals surface area contributed by atoms with Crippen LogP contribution < -0.4 is 0 Å². The van der Waals surface area contributed by atoms with E-state index in [1.54, 1.807) is 7.11 Å². The Hall–Kier alpha value is -0.160. The molecule has 0 heterocycles. The van der Waals surface area contributed by atoms with Gasteiger partial charge in [-0.05, 0) is 19.3 Å². The third-order valence-corrected chi connectivity index (χ3v) is 4.96. The molecule has 2 aliphatic rings. The molecule has 1 N–H and O–H groups in total. The van der Waals surface area contributed by atoms with Crippen LogP contribution in [0.4, 0.5) is 0 Å². The molecule has 0 aromatic carbocycles. The standard InChI is InChI=1S/C16H30O4/c1-18-11-12-19-9-6-10-20-15-13-14(17)16(15)7-4-2-3-5-8-16/h14-15,17H,2-13H2,1H3. The van der Waals surface area contributed by atoms with Crippen LogP contribution in [0.15, 0.2) is 0 Å². The normalized spacial score (nSPS) is 29.1. The molecule has 4 nitrogen and oxygen atoms in total. The summed E-state index contributed by atoms with van der Waals surface area (Å²) in [6, 6.07) is 0. The lowest BCUT2D eigenvalue weighted by Crippen LogP contribution is -2.58. The van der Waals surface area contributed by atoms with Crippen LogP contribution in [-0.4, -0.2) is 50.9 Å². The summed E-state index contributed by atoms with van der Waals surface area (Å²) in [6.45, 7) is 2.78. The number of hydrogen-bond acceptors (Lipinski definition) is 4. The minimum absolute atomic E-state index is 0.0768. The Kier molecular flexibility index (Phi) is 6.75. The largest absolute Gasteiger partial charge is 0.392 e. The summed E-state index contributed by atoms with van der Waals surface area (Å²) >= 11 is 0. The van der Waals surface area contributed by atoms with Crippen LogP contribution in [0.25, 0.3) is 0 Å². The molecule has 2 saturated carbocycles. The zero-order chi connectivity index (χ0) is 14.3. The van der Waals surface area contributed by atoms with E-state index < -0.39 is 0 Å². The molecular weight excluding hydrogens is 256 g/mol. The van der Waals surface area contributed by atoms with E-state index in [1.807, 2.05) is 0 Å². The summed E-state index contributed by atoms with van der Waals surface area (Å²) < 4.78 is 16.4. The molecule has 2 aliphatic carbocycles. The zero-order valence-electron chi connectivity index (χ0n) is 12.8. The predicted octanol–water partition coefficient (Wildman–Crippen LogP) is 2.53. The Labute approximate surface area is 122 Å². The molecule has 118 valence electrons. The number of hydrogen-bond donors (Lipinski definition) is 1. The van der Waals surface area contributed by atoms with Gasteiger partial charge >= 0.3 is 0 Å². The quantitative estimate of drug-likeness (QED) is 0.697. The van der Waals surface area contributed by atoms with Gasteiger partial charge in [-0.25, -0.2) is 0 Å². The summed E-state index contributed by atoms with van der Waals surface area (Å²) in [7, 11) is 1.68. The van der Waals surface area contributed by atoms with Crippen LogP contribution in [0, 0.1) is 5.41 Å². The average molecular weight is 286 g/mol. The van der Waals surface area contributed by atoms with Gasteiger partial charge in [-0.3, -0.25) is 0 Å². The van der Waals surface area contributed by atoms with Crippen molar-refractivity contribution < 1.29 is 19.3 Å². The summed E-state index contributed by atoms with van der Waals surface area (Å²) in [5.74, 6) is 0. The molecule has 0 aromatic rings. The van der Waals surface area contributed by atoms with Crippen LogP contribution in [0.5, 0.6) is 0 Å². The molecule has 2 atom stereocenters. The molecule has 0 aliphatic heterocycles. The van der Waals surface area contributed by atoms with Crippen molar-refractivity contribution in [3.63, 3.8) is 0 Å². The highest BCUT2D eigenvalue weighted by molar-refractivity contribution is 5.04. The summed E-state index contributed by atoms with van der Waals surface area (Å²) in [4.78, 5) is 0. The molecule has 1 spiro atoms. The molecule has 0 amide bonds. The van der Waals surface area contributed by atoms with Gasteiger partial charge in [0.15, 0.2) is 0 Å². The first-order chi connectivity index (χ1) is 9.79. The first-order valence-corrected chi connectivity index (χ1v) is 8.16. The Bertz CT molecular complexity index is 261. The van der Waals surface area contributed by atoms with Crippen molar-refractivity contribution in [2.75, 3.05) is 33.5 Å². The Morgan fingerprint density at radius 3 is 2.40 bits per heavy atom. The highest BCUT2D eigenvalue weighted by atomic mass is 16.5. The van der Waals surface area contributed by atoms with E-state index >= 15 is 0 Å². The zero-order valence-corrected chi connectivity index (χ0v) is 12.8. The molecule has 0 bridgehead atoms. The Balaban J connectivity index is 1.63. The van der Waals surface area contributed by atoms with E-state index in [0.717, 1.165) is 38.9 Å². The summed E-state index contributed by atoms with van der Waals surface area (Å²) in [5, 5.41) is 10.2. The van der Waals surface area contributed by atoms with Gasteiger partial charge < -0.3 is 19.3 Å². The molecule has 0 aromatic heterocycles. The maximum Gasteiger partial charge on any atom is 0.0700 e. The maximum absolute atomic E-state index is 10.2. The fourth-order valence-electron chi connectivity index (χ4n) is 3.63. The minimum Gasteiger partial charge on any atom is -0.392 e. The van der Waals surface area contributed by atoms with Crippen LogP contribution in [0.3, 0.4) is 0 Å². The van der Waals surface area contributed by atoms with Crippen molar-refractivity contribution in [1.29, 1.82) is 0 Å². The van der Waals surface area contributed by atoms with E-state index in [2.05, 4.69) is 0 Å². The SMILES string of the molecule is COCCOCCCOC1CC(O)C12CCCCCC2.